The predicted molar refractivity (Wildman–Crippen MR) is 160 cm³/mol. The van der Waals surface area contributed by atoms with Crippen LogP contribution in [0.3, 0.4) is 0 Å². The Morgan fingerprint density at radius 3 is 2.53 bits per heavy atom. The van der Waals surface area contributed by atoms with Crippen molar-refractivity contribution >= 4 is 35.0 Å². The molecule has 0 fully saturated rings. The number of para-hydroxylation sites is 1. The van der Waals surface area contributed by atoms with Crippen molar-refractivity contribution in [2.24, 2.45) is 9.98 Å². The van der Waals surface area contributed by atoms with E-state index >= 15 is 0 Å². The van der Waals surface area contributed by atoms with Gasteiger partial charge < -0.3 is 16.0 Å². The van der Waals surface area contributed by atoms with Crippen LogP contribution in [0.25, 0.3) is 0 Å². The normalized spacial score (nSPS) is 16.9. The summed E-state index contributed by atoms with van der Waals surface area (Å²) in [5.74, 6) is 0.822. The molecule has 0 spiro atoms. The Hall–Kier alpha value is -3.90. The zero-order chi connectivity index (χ0) is 27.7. The maximum absolute atomic E-state index is 13.5. The van der Waals surface area contributed by atoms with Gasteiger partial charge in [0.1, 0.15) is 11.9 Å². The first-order chi connectivity index (χ1) is 18.2. The summed E-state index contributed by atoms with van der Waals surface area (Å²) in [6.07, 6.45) is 8.94. The molecule has 1 amide bonds. The highest BCUT2D eigenvalue weighted by Gasteiger charge is 2.30. The molecule has 38 heavy (non-hydrogen) atoms. The van der Waals surface area contributed by atoms with Crippen LogP contribution in [0.2, 0.25) is 5.02 Å². The molecule has 1 aliphatic rings. The van der Waals surface area contributed by atoms with Gasteiger partial charge in [-0.3, -0.25) is 4.79 Å². The van der Waals surface area contributed by atoms with Crippen LogP contribution >= 0.6 is 11.6 Å². The number of allylic oxidation sites excluding steroid dienone is 7. The van der Waals surface area contributed by atoms with Crippen molar-refractivity contribution in [3.63, 3.8) is 0 Å². The van der Waals surface area contributed by atoms with Crippen molar-refractivity contribution in [3.05, 3.63) is 112 Å². The third-order valence-corrected chi connectivity index (χ3v) is 6.29. The second-order valence-electron chi connectivity index (χ2n) is 9.20. The van der Waals surface area contributed by atoms with Gasteiger partial charge in [0.15, 0.2) is 0 Å². The minimum absolute atomic E-state index is 0.246. The summed E-state index contributed by atoms with van der Waals surface area (Å²) in [6.45, 7) is 11.8. The molecule has 1 unspecified atom stereocenters. The van der Waals surface area contributed by atoms with Crippen molar-refractivity contribution in [2.45, 2.75) is 54.0 Å². The topological polar surface area (TPSA) is 77.9 Å². The van der Waals surface area contributed by atoms with Crippen LogP contribution < -0.4 is 16.0 Å². The second-order valence-corrected chi connectivity index (χ2v) is 9.60. The van der Waals surface area contributed by atoms with Gasteiger partial charge in [-0.15, -0.1) is 0 Å². The molecule has 0 saturated carbocycles. The van der Waals surface area contributed by atoms with Crippen molar-refractivity contribution in [3.8, 4) is 0 Å². The van der Waals surface area contributed by atoms with Crippen molar-refractivity contribution < 1.29 is 4.79 Å². The first-order valence-electron chi connectivity index (χ1n) is 12.7. The number of hydrogen-bond donors (Lipinski definition) is 3. The fourth-order valence-electron chi connectivity index (χ4n) is 4.05. The molecule has 6 nitrogen and oxygen atoms in total. The zero-order valence-corrected chi connectivity index (χ0v) is 23.6. The van der Waals surface area contributed by atoms with Crippen LogP contribution in [-0.4, -0.2) is 17.7 Å². The van der Waals surface area contributed by atoms with Crippen LogP contribution in [-0.2, 0) is 4.79 Å². The van der Waals surface area contributed by atoms with Gasteiger partial charge in [0.05, 0.1) is 5.57 Å². The van der Waals surface area contributed by atoms with E-state index in [1.165, 1.54) is 5.57 Å². The molecule has 3 N–H and O–H groups in total. The van der Waals surface area contributed by atoms with E-state index in [-0.39, 0.29) is 5.91 Å². The van der Waals surface area contributed by atoms with E-state index in [1.807, 2.05) is 95.3 Å². The Balaban J connectivity index is 1.90. The minimum Gasteiger partial charge on any atom is -0.344 e. The van der Waals surface area contributed by atoms with E-state index < -0.39 is 6.04 Å². The number of aryl methyl sites for hydroxylation is 1. The summed E-state index contributed by atoms with van der Waals surface area (Å²) < 4.78 is 0. The van der Waals surface area contributed by atoms with Crippen molar-refractivity contribution in [2.75, 3.05) is 5.32 Å². The number of nitrogens with one attached hydrogen (secondary N) is 3. The highest BCUT2D eigenvalue weighted by atomic mass is 35.5. The third kappa shape index (κ3) is 7.80. The SMILES string of the molecule is CC/C=C(C)/C=C\C=C(/C)NC(=O)C1=C(C)NC(/N=C(/C)Nc2ccccc2C)=NC1c1ccccc1Cl. The molecule has 198 valence electrons. The smallest absolute Gasteiger partial charge is 0.255 e. The third-order valence-electron chi connectivity index (χ3n) is 5.95. The van der Waals surface area contributed by atoms with Crippen LogP contribution in [0, 0.1) is 6.92 Å². The number of rotatable bonds is 7. The van der Waals surface area contributed by atoms with E-state index in [0.717, 1.165) is 28.9 Å². The molecule has 2 aromatic carbocycles. The first-order valence-corrected chi connectivity index (χ1v) is 13.1. The number of anilines is 1. The minimum atomic E-state index is -0.618. The number of carbonyl (C=O) groups excluding carboxylic acids is 1. The highest BCUT2D eigenvalue weighted by molar-refractivity contribution is 6.31. The maximum Gasteiger partial charge on any atom is 0.255 e. The van der Waals surface area contributed by atoms with Crippen molar-refractivity contribution in [1.82, 2.24) is 10.6 Å². The molecule has 1 heterocycles. The number of hydrogen-bond acceptors (Lipinski definition) is 4. The van der Waals surface area contributed by atoms with Gasteiger partial charge in [-0.25, -0.2) is 9.98 Å². The molecule has 1 aliphatic heterocycles. The number of amidine groups is 1. The molecule has 0 aliphatic carbocycles. The zero-order valence-electron chi connectivity index (χ0n) is 22.9. The molecule has 3 rings (SSSR count). The molecule has 0 saturated heterocycles. The summed E-state index contributed by atoms with van der Waals surface area (Å²) in [7, 11) is 0. The Morgan fingerprint density at radius 1 is 1.11 bits per heavy atom. The molecule has 0 aromatic heterocycles. The van der Waals surface area contributed by atoms with Crippen molar-refractivity contribution in [1.29, 1.82) is 0 Å². The van der Waals surface area contributed by atoms with Gasteiger partial charge in [-0.1, -0.05) is 78.7 Å². The van der Waals surface area contributed by atoms with E-state index in [9.17, 15) is 4.79 Å². The average Bonchev–Trinajstić information content (AvgIpc) is 2.85. The second kappa shape index (κ2) is 13.6. The first kappa shape index (κ1) is 28.7. The summed E-state index contributed by atoms with van der Waals surface area (Å²) in [6, 6.07) is 14.8. The number of guanidine groups is 1. The van der Waals surface area contributed by atoms with Gasteiger partial charge >= 0.3 is 0 Å². The molecule has 0 radical (unpaired) electrons. The van der Waals surface area contributed by atoms with Crippen LogP contribution in [0.5, 0.6) is 0 Å². The summed E-state index contributed by atoms with van der Waals surface area (Å²) in [5.41, 5.74) is 5.86. The standard InChI is InChI=1S/C31H36ClN5O/c1-7-13-20(2)14-12-16-22(4)33-30(38)28-23(5)34-31(37-29(28)25-17-9-10-18-26(25)32)36-24(6)35-27-19-11-8-15-21(27)3/h8-19,29H,7H2,1-6H3,(H,33,38)(H2,34,35,36,37)/b14-12-,20-13+,22-16+. The van der Waals surface area contributed by atoms with E-state index in [2.05, 4.69) is 33.9 Å². The van der Waals surface area contributed by atoms with Gasteiger partial charge in [0.25, 0.3) is 5.91 Å². The molecule has 7 heteroatoms. The summed E-state index contributed by atoms with van der Waals surface area (Å²) in [5, 5.41) is 10.1. The van der Waals surface area contributed by atoms with Gasteiger partial charge in [0, 0.05) is 27.7 Å². The lowest BCUT2D eigenvalue weighted by molar-refractivity contribution is -0.117. The molecule has 0 bridgehead atoms. The van der Waals surface area contributed by atoms with Gasteiger partial charge in [-0.05, 0) is 64.8 Å². The fraction of sp³-hybridized carbons (Fsp3) is 0.258. The Morgan fingerprint density at radius 2 is 1.82 bits per heavy atom. The summed E-state index contributed by atoms with van der Waals surface area (Å²) in [4.78, 5) is 23.0. The quantitative estimate of drug-likeness (QED) is 0.199. The largest absolute Gasteiger partial charge is 0.344 e. The Labute approximate surface area is 231 Å². The van der Waals surface area contributed by atoms with E-state index in [1.54, 1.807) is 6.07 Å². The molecular formula is C31H36ClN5O. The fourth-order valence-corrected chi connectivity index (χ4v) is 4.29. The number of nitrogens with zero attached hydrogens (tertiary/aromatic N) is 2. The van der Waals surface area contributed by atoms with E-state index in [4.69, 9.17) is 16.6 Å². The number of aliphatic imine (C=N–C) groups is 2. The lowest BCUT2D eigenvalue weighted by Gasteiger charge is -2.26. The van der Waals surface area contributed by atoms with Crippen LogP contribution in [0.15, 0.2) is 105 Å². The Kier molecular flexibility index (Phi) is 10.3. The van der Waals surface area contributed by atoms with Crippen LogP contribution in [0.4, 0.5) is 5.69 Å². The number of amides is 1. The molecule has 1 atom stereocenters. The lowest BCUT2D eigenvalue weighted by Crippen LogP contribution is -2.35. The van der Waals surface area contributed by atoms with Gasteiger partial charge in [-0.2, -0.15) is 0 Å². The number of benzene rings is 2. The maximum atomic E-state index is 13.5. The monoisotopic (exact) mass is 529 g/mol. The average molecular weight is 530 g/mol. The highest BCUT2D eigenvalue weighted by Crippen LogP contribution is 2.35. The summed E-state index contributed by atoms with van der Waals surface area (Å²) >= 11 is 6.57. The van der Waals surface area contributed by atoms with Gasteiger partial charge in [0.2, 0.25) is 5.96 Å². The Bertz CT molecular complexity index is 1360. The van der Waals surface area contributed by atoms with Crippen LogP contribution in [0.1, 0.15) is 58.2 Å². The van der Waals surface area contributed by atoms with E-state index in [0.29, 0.717) is 28.1 Å². The molecule has 2 aromatic rings. The predicted octanol–water partition coefficient (Wildman–Crippen LogP) is 7.39. The molecular weight excluding hydrogens is 494 g/mol. The lowest BCUT2D eigenvalue weighted by atomic mass is 9.95. The number of halogens is 1. The number of carbonyl (C=O) groups is 1.